The highest BCUT2D eigenvalue weighted by Gasteiger charge is 2.24. The first-order valence-electron chi connectivity index (χ1n) is 15.6. The quantitative estimate of drug-likeness (QED) is 0.181. The maximum absolute atomic E-state index is 12.5. The second kappa shape index (κ2) is 13.5. The minimum absolute atomic E-state index is 0.0679. The highest BCUT2D eigenvalue weighted by molar-refractivity contribution is 5.90. The summed E-state index contributed by atoms with van der Waals surface area (Å²) in [5.41, 5.74) is 2.85. The van der Waals surface area contributed by atoms with Gasteiger partial charge in [0.1, 0.15) is 28.2 Å². The molecule has 2 amide bonds. The first-order valence-corrected chi connectivity index (χ1v) is 15.6. The third-order valence-electron chi connectivity index (χ3n) is 7.39. The number of rotatable bonds is 10. The number of fused-ring (bicyclic) bond motifs is 2. The van der Waals surface area contributed by atoms with Crippen LogP contribution in [0.4, 0.5) is 9.59 Å². The number of aromatic nitrogens is 4. The molecule has 1 unspecified atom stereocenters. The van der Waals surface area contributed by atoms with E-state index in [1.54, 1.807) is 37.1 Å². The first-order chi connectivity index (χ1) is 21.9. The molecule has 4 heterocycles. The van der Waals surface area contributed by atoms with Gasteiger partial charge in [-0.3, -0.25) is 4.40 Å². The number of hydrogen-bond acceptors (Lipinski definition) is 8. The molecule has 13 heteroatoms. The van der Waals surface area contributed by atoms with Gasteiger partial charge < -0.3 is 34.1 Å². The fraction of sp³-hybridized carbons (Fsp3) is 0.500. The maximum atomic E-state index is 12.5. The van der Waals surface area contributed by atoms with Gasteiger partial charge in [-0.05, 0) is 92.5 Å². The van der Waals surface area contributed by atoms with Gasteiger partial charge in [0.15, 0.2) is 5.88 Å². The Balaban J connectivity index is 1.73. The maximum Gasteiger partial charge on any atom is 0.410 e. The molecule has 4 aromatic rings. The van der Waals surface area contributed by atoms with Gasteiger partial charge >= 0.3 is 18.2 Å². The van der Waals surface area contributed by atoms with Crippen LogP contribution in [-0.4, -0.2) is 79.0 Å². The van der Waals surface area contributed by atoms with Crippen molar-refractivity contribution < 1.29 is 33.7 Å². The number of amides is 2. The zero-order chi connectivity index (χ0) is 34.8. The molecule has 2 N–H and O–H groups in total. The monoisotopic (exact) mass is 650 g/mol. The topological polar surface area (TPSA) is 150 Å². The number of hydrogen-bond donors (Lipinski definition) is 2. The van der Waals surface area contributed by atoms with E-state index in [0.717, 1.165) is 16.8 Å². The number of carbonyl (C=O) groups is 3. The number of ether oxygens (including phenoxy) is 3. The van der Waals surface area contributed by atoms with Crippen molar-refractivity contribution in [3.63, 3.8) is 0 Å². The number of carbonyl (C=O) groups excluding carboxylic acids is 2. The minimum Gasteiger partial charge on any atom is -0.482 e. The number of pyridine rings is 2. The lowest BCUT2D eigenvalue weighted by Crippen LogP contribution is -2.34. The second-order valence-electron chi connectivity index (χ2n) is 13.6. The van der Waals surface area contributed by atoms with Crippen molar-refractivity contribution in [2.45, 2.75) is 92.0 Å². The first kappa shape index (κ1) is 35.1. The number of unbranched alkanes of at least 4 members (excludes halogenated alkanes) is 1. The molecular weight excluding hydrogens is 604 g/mol. The molecule has 0 bridgehead atoms. The van der Waals surface area contributed by atoms with Crippen LogP contribution in [0.15, 0.2) is 30.3 Å². The number of aromatic carboxylic acids is 1. The number of carboxylic acids is 1. The molecule has 0 aliphatic carbocycles. The van der Waals surface area contributed by atoms with Gasteiger partial charge in [0.2, 0.25) is 0 Å². The lowest BCUT2D eigenvalue weighted by molar-refractivity contribution is 0.0295. The molecule has 0 spiro atoms. The van der Waals surface area contributed by atoms with E-state index in [0.29, 0.717) is 54.5 Å². The van der Waals surface area contributed by atoms with E-state index < -0.39 is 29.3 Å². The van der Waals surface area contributed by atoms with Crippen molar-refractivity contribution in [1.82, 2.24) is 29.2 Å². The average molecular weight is 651 g/mol. The third kappa shape index (κ3) is 8.32. The molecule has 254 valence electrons. The molecule has 4 rings (SSSR count). The van der Waals surface area contributed by atoms with Gasteiger partial charge in [0.05, 0.1) is 35.8 Å². The Hall–Kier alpha value is -4.81. The number of methoxy groups -OCH3 is 1. The van der Waals surface area contributed by atoms with Crippen LogP contribution < -0.4 is 10.1 Å². The summed E-state index contributed by atoms with van der Waals surface area (Å²) in [4.78, 5) is 48.2. The summed E-state index contributed by atoms with van der Waals surface area (Å²) in [5.74, 6) is -0.726. The molecule has 0 saturated carbocycles. The van der Waals surface area contributed by atoms with Crippen molar-refractivity contribution in [2.75, 3.05) is 20.7 Å². The molecule has 47 heavy (non-hydrogen) atoms. The van der Waals surface area contributed by atoms with Crippen molar-refractivity contribution in [1.29, 1.82) is 0 Å². The predicted octanol–water partition coefficient (Wildman–Crippen LogP) is 6.60. The smallest absolute Gasteiger partial charge is 0.410 e. The molecule has 0 aliphatic heterocycles. The molecule has 0 radical (unpaired) electrons. The Bertz CT molecular complexity index is 1790. The molecule has 0 aliphatic rings. The molecule has 0 fully saturated rings. The van der Waals surface area contributed by atoms with Crippen molar-refractivity contribution in [3.05, 3.63) is 47.3 Å². The van der Waals surface area contributed by atoms with Gasteiger partial charge in [0, 0.05) is 31.6 Å². The number of nitrogens with one attached hydrogen (secondary N) is 1. The Morgan fingerprint density at radius 2 is 1.68 bits per heavy atom. The van der Waals surface area contributed by atoms with Crippen LogP contribution in [0.3, 0.4) is 0 Å². The van der Waals surface area contributed by atoms with Gasteiger partial charge in [-0.15, -0.1) is 0 Å². The Labute approximate surface area is 274 Å². The normalized spacial score (nSPS) is 12.6. The van der Waals surface area contributed by atoms with Crippen LogP contribution in [0.2, 0.25) is 0 Å². The summed E-state index contributed by atoms with van der Waals surface area (Å²) in [7, 11) is 3.21. The minimum atomic E-state index is -1.08. The molecule has 13 nitrogen and oxygen atoms in total. The summed E-state index contributed by atoms with van der Waals surface area (Å²) in [6.45, 7) is 15.7. The molecule has 0 saturated heterocycles. The van der Waals surface area contributed by atoms with Gasteiger partial charge in [-0.2, -0.15) is 0 Å². The van der Waals surface area contributed by atoms with Crippen LogP contribution in [0.25, 0.3) is 28.1 Å². The van der Waals surface area contributed by atoms with Crippen molar-refractivity contribution >= 4 is 34.8 Å². The Kier molecular flexibility index (Phi) is 10.1. The van der Waals surface area contributed by atoms with Gasteiger partial charge in [0.25, 0.3) is 0 Å². The van der Waals surface area contributed by atoms with E-state index in [9.17, 15) is 19.5 Å². The van der Waals surface area contributed by atoms with E-state index in [1.807, 2.05) is 52.8 Å². The number of alkyl carbamates (subject to hydrolysis) is 1. The van der Waals surface area contributed by atoms with Crippen LogP contribution in [0, 0.1) is 6.92 Å². The lowest BCUT2D eigenvalue weighted by Gasteiger charge is -2.24. The van der Waals surface area contributed by atoms with Crippen molar-refractivity contribution in [2.24, 2.45) is 0 Å². The number of aryl methyl sites for hydroxylation is 2. The van der Waals surface area contributed by atoms with Crippen LogP contribution in [0.5, 0.6) is 5.88 Å². The fourth-order valence-corrected chi connectivity index (χ4v) is 5.21. The fourth-order valence-electron chi connectivity index (χ4n) is 5.21. The highest BCUT2D eigenvalue weighted by atomic mass is 16.6. The summed E-state index contributed by atoms with van der Waals surface area (Å²) >= 11 is 0. The molecule has 4 aromatic heterocycles. The number of imidazole rings is 1. The summed E-state index contributed by atoms with van der Waals surface area (Å²) in [6.07, 6.45) is 0.496. The zero-order valence-electron chi connectivity index (χ0n) is 28.9. The van der Waals surface area contributed by atoms with Gasteiger partial charge in [-0.25, -0.2) is 24.4 Å². The Morgan fingerprint density at radius 3 is 2.30 bits per heavy atom. The standard InChI is InChI=1S/C34H46N6O7/c1-20(35-31(43)46-33(3,4)5)24-14-13-22-17-25(28-21(2)40-26(37-28)18-23(30(41)42)19-27(40)45-10)39(29(22)36-24)16-12-11-15-38(9)32(44)47-34(6,7)8/h13-14,17-20H,11-12,15-16H2,1-10H3,(H,35,43)(H,41,42). The van der Waals surface area contributed by atoms with E-state index in [-0.39, 0.29) is 11.7 Å². The number of nitrogens with zero attached hydrogens (tertiary/aromatic N) is 5. The summed E-state index contributed by atoms with van der Waals surface area (Å²) < 4.78 is 20.3. The van der Waals surface area contributed by atoms with E-state index in [1.165, 1.54) is 19.2 Å². The summed E-state index contributed by atoms with van der Waals surface area (Å²) in [6, 6.07) is 8.38. The highest BCUT2D eigenvalue weighted by Crippen LogP contribution is 2.33. The third-order valence-corrected chi connectivity index (χ3v) is 7.39. The molecular formula is C34H46N6O7. The Morgan fingerprint density at radius 1 is 1.00 bits per heavy atom. The molecule has 0 aromatic carbocycles. The van der Waals surface area contributed by atoms with Crippen LogP contribution >= 0.6 is 0 Å². The van der Waals surface area contributed by atoms with E-state index in [2.05, 4.69) is 9.88 Å². The van der Waals surface area contributed by atoms with Crippen LogP contribution in [-0.2, 0) is 16.0 Å². The number of carboxylic acid groups (broad SMARTS) is 1. The second-order valence-corrected chi connectivity index (χ2v) is 13.6. The van der Waals surface area contributed by atoms with Crippen molar-refractivity contribution in [3.8, 4) is 17.3 Å². The SMILES string of the molecule is COc1cc(C(=O)O)cc2nc(-c3cc4ccc(C(C)NC(=O)OC(C)(C)C)nc4n3CCCCN(C)C(=O)OC(C)(C)C)c(C)n12. The molecule has 1 atom stereocenters. The van der Waals surface area contributed by atoms with Gasteiger partial charge in [-0.1, -0.05) is 0 Å². The largest absolute Gasteiger partial charge is 0.482 e. The lowest BCUT2D eigenvalue weighted by atomic mass is 10.2. The van der Waals surface area contributed by atoms with E-state index in [4.69, 9.17) is 24.2 Å². The van der Waals surface area contributed by atoms with Crippen LogP contribution in [0.1, 0.15) is 89.1 Å². The predicted molar refractivity (Wildman–Crippen MR) is 178 cm³/mol. The summed E-state index contributed by atoms with van der Waals surface area (Å²) in [5, 5.41) is 13.4. The average Bonchev–Trinajstić information content (AvgIpc) is 3.49. The van der Waals surface area contributed by atoms with E-state index >= 15 is 0 Å². The zero-order valence-corrected chi connectivity index (χ0v) is 28.9.